The molecule has 0 unspecified atom stereocenters. The Morgan fingerprint density at radius 3 is 2.54 bits per heavy atom. The van der Waals surface area contributed by atoms with E-state index in [0.717, 1.165) is 29.7 Å². The molecule has 1 atom stereocenters. The predicted octanol–water partition coefficient (Wildman–Crippen LogP) is 3.10. The van der Waals surface area contributed by atoms with E-state index in [-0.39, 0.29) is 28.2 Å². The van der Waals surface area contributed by atoms with Gasteiger partial charge in [-0.2, -0.15) is 0 Å². The molecule has 0 aromatic heterocycles. The number of nitrogens with one attached hydrogen (secondary N) is 3. The van der Waals surface area contributed by atoms with Gasteiger partial charge in [-0.3, -0.25) is 15.2 Å². The van der Waals surface area contributed by atoms with Crippen LogP contribution in [0.3, 0.4) is 0 Å². The zero-order valence-electron chi connectivity index (χ0n) is 21.4. The fourth-order valence-electron chi connectivity index (χ4n) is 4.86. The number of para-hydroxylation sites is 1. The third-order valence-corrected chi connectivity index (χ3v) is 8.44. The smallest absolute Gasteiger partial charge is 0.251 e. The van der Waals surface area contributed by atoms with Crippen LogP contribution < -0.4 is 15.8 Å². The lowest BCUT2D eigenvalue weighted by molar-refractivity contribution is 0.0696. The number of amidine groups is 1. The van der Waals surface area contributed by atoms with Crippen molar-refractivity contribution < 1.29 is 17.9 Å². The van der Waals surface area contributed by atoms with Crippen LogP contribution >= 0.6 is 0 Å². The summed E-state index contributed by atoms with van der Waals surface area (Å²) < 4.78 is 35.5. The number of fused-ring (bicyclic) bond motifs is 1. The molecule has 0 aliphatic carbocycles. The average molecular weight is 546 g/mol. The summed E-state index contributed by atoms with van der Waals surface area (Å²) in [6, 6.07) is 20.3. The van der Waals surface area contributed by atoms with Crippen molar-refractivity contribution in [1.82, 2.24) is 10.0 Å². The van der Waals surface area contributed by atoms with Gasteiger partial charge in [-0.1, -0.05) is 42.5 Å². The number of carbonyl (C=O) groups excluding carboxylic acids is 1. The van der Waals surface area contributed by atoms with Crippen molar-refractivity contribution in [3.63, 3.8) is 0 Å². The molecular weight excluding hydrogens is 514 g/mol. The van der Waals surface area contributed by atoms with Crippen LogP contribution in [0.5, 0.6) is 0 Å². The number of aliphatic imine (C=N–C) groups is 1. The molecule has 0 bridgehead atoms. The van der Waals surface area contributed by atoms with Crippen LogP contribution in [-0.4, -0.2) is 51.2 Å². The molecule has 0 radical (unpaired) electrons. The third-order valence-electron chi connectivity index (χ3n) is 6.97. The Kier molecular flexibility index (Phi) is 7.87. The second-order valence-corrected chi connectivity index (χ2v) is 11.5. The molecule has 202 valence electrons. The lowest BCUT2D eigenvalue weighted by atomic mass is 9.98. The molecule has 5 N–H and O–H groups in total. The van der Waals surface area contributed by atoms with E-state index < -0.39 is 16.1 Å². The van der Waals surface area contributed by atoms with Gasteiger partial charge in [0.15, 0.2) is 0 Å². The SMILES string of the molecule is N=C(N)c1cccc(C[C@@H](NS(=O)(=O)c2cccc(C(=O)NC3CCOCC3)c2)C2=Nc3ccccc3C2)c1. The van der Waals surface area contributed by atoms with Crippen LogP contribution in [-0.2, 0) is 27.6 Å². The minimum Gasteiger partial charge on any atom is -0.384 e. The maximum atomic E-state index is 13.6. The topological polar surface area (TPSA) is 147 Å². The average Bonchev–Trinajstić information content (AvgIpc) is 3.38. The molecule has 1 fully saturated rings. The zero-order valence-corrected chi connectivity index (χ0v) is 22.2. The van der Waals surface area contributed by atoms with Gasteiger partial charge in [0, 0.05) is 42.5 Å². The van der Waals surface area contributed by atoms with Gasteiger partial charge < -0.3 is 15.8 Å². The molecule has 2 aliphatic heterocycles. The molecule has 39 heavy (non-hydrogen) atoms. The number of hydrogen-bond acceptors (Lipinski definition) is 6. The number of hydrogen-bond donors (Lipinski definition) is 4. The largest absolute Gasteiger partial charge is 0.384 e. The van der Waals surface area contributed by atoms with Gasteiger partial charge in [0.05, 0.1) is 16.6 Å². The highest BCUT2D eigenvalue weighted by molar-refractivity contribution is 7.89. The standard InChI is InChI=1S/C29H31N5O4S/c30-28(31)21-7-3-5-19(15-21)16-27(26-18-20-6-1-2-10-25(20)33-26)34-39(36,37)24-9-4-8-22(17-24)29(35)32-23-11-13-38-14-12-23/h1-10,15,17,23,27,34H,11-14,16,18H2,(H3,30,31)(H,32,35)/t27-/m1/s1. The summed E-state index contributed by atoms with van der Waals surface area (Å²) in [5.74, 6) is -0.373. The van der Waals surface area contributed by atoms with Crippen LogP contribution in [0.4, 0.5) is 5.69 Å². The van der Waals surface area contributed by atoms with Crippen LogP contribution in [0.25, 0.3) is 0 Å². The van der Waals surface area contributed by atoms with Crippen LogP contribution in [0.2, 0.25) is 0 Å². The fraction of sp³-hybridized carbons (Fsp3) is 0.276. The van der Waals surface area contributed by atoms with Crippen LogP contribution in [0, 0.1) is 5.41 Å². The summed E-state index contributed by atoms with van der Waals surface area (Å²) in [5.41, 5.74) is 9.88. The Balaban J connectivity index is 1.40. The highest BCUT2D eigenvalue weighted by Gasteiger charge is 2.28. The summed E-state index contributed by atoms with van der Waals surface area (Å²) in [4.78, 5) is 17.6. The van der Waals surface area contributed by atoms with Gasteiger partial charge >= 0.3 is 0 Å². The maximum Gasteiger partial charge on any atom is 0.251 e. The second kappa shape index (κ2) is 11.5. The monoisotopic (exact) mass is 545 g/mol. The summed E-state index contributed by atoms with van der Waals surface area (Å²) in [5, 5.41) is 10.7. The van der Waals surface area contributed by atoms with Crippen molar-refractivity contribution >= 4 is 33.2 Å². The number of ether oxygens (including phenoxy) is 1. The molecule has 2 heterocycles. The Morgan fingerprint density at radius 1 is 1.03 bits per heavy atom. The first kappa shape index (κ1) is 26.7. The van der Waals surface area contributed by atoms with Crippen molar-refractivity contribution in [3.05, 3.63) is 95.1 Å². The van der Waals surface area contributed by atoms with E-state index in [4.69, 9.17) is 20.9 Å². The molecule has 9 nitrogen and oxygen atoms in total. The van der Waals surface area contributed by atoms with E-state index in [2.05, 4.69) is 10.0 Å². The van der Waals surface area contributed by atoms with Crippen LogP contribution in [0.1, 0.15) is 39.9 Å². The maximum absolute atomic E-state index is 13.6. The molecule has 0 spiro atoms. The number of nitrogens with two attached hydrogens (primary N) is 1. The molecule has 3 aromatic rings. The minimum atomic E-state index is -4.02. The van der Waals surface area contributed by atoms with Gasteiger partial charge in [0.25, 0.3) is 5.91 Å². The van der Waals surface area contributed by atoms with Crippen molar-refractivity contribution in [2.45, 2.75) is 42.7 Å². The van der Waals surface area contributed by atoms with Crippen molar-refractivity contribution in [1.29, 1.82) is 5.41 Å². The van der Waals surface area contributed by atoms with Gasteiger partial charge in [-0.25, -0.2) is 13.1 Å². The summed E-state index contributed by atoms with van der Waals surface area (Å²) in [6.45, 7) is 1.18. The van der Waals surface area contributed by atoms with E-state index in [1.165, 1.54) is 12.1 Å². The second-order valence-electron chi connectivity index (χ2n) is 9.79. The Bertz CT molecular complexity index is 1530. The molecule has 0 saturated carbocycles. The number of benzene rings is 3. The summed E-state index contributed by atoms with van der Waals surface area (Å²) >= 11 is 0. The van der Waals surface area contributed by atoms with E-state index >= 15 is 0 Å². The first-order valence-electron chi connectivity index (χ1n) is 12.9. The van der Waals surface area contributed by atoms with Gasteiger partial charge in [-0.05, 0) is 60.7 Å². The van der Waals surface area contributed by atoms with Crippen LogP contribution in [0.15, 0.2) is 82.7 Å². The van der Waals surface area contributed by atoms with E-state index in [1.54, 1.807) is 30.3 Å². The molecule has 3 aromatic carbocycles. The van der Waals surface area contributed by atoms with Crippen molar-refractivity contribution in [2.75, 3.05) is 13.2 Å². The van der Waals surface area contributed by atoms with Crippen molar-refractivity contribution in [3.8, 4) is 0 Å². The first-order valence-corrected chi connectivity index (χ1v) is 14.4. The number of nitrogens with zero attached hydrogens (tertiary/aromatic N) is 1. The Hall–Kier alpha value is -3.86. The number of nitrogen functional groups attached to an aromatic ring is 1. The van der Waals surface area contributed by atoms with Gasteiger partial charge in [0.2, 0.25) is 10.0 Å². The highest BCUT2D eigenvalue weighted by Crippen LogP contribution is 2.28. The molecule has 2 aliphatic rings. The molecule has 1 saturated heterocycles. The highest BCUT2D eigenvalue weighted by atomic mass is 32.2. The molecule has 10 heteroatoms. The molecule has 5 rings (SSSR count). The number of sulfonamides is 1. The molecule has 1 amide bonds. The Labute approximate surface area is 228 Å². The quantitative estimate of drug-likeness (QED) is 0.241. The van der Waals surface area contributed by atoms with E-state index in [1.807, 2.05) is 30.3 Å². The summed E-state index contributed by atoms with van der Waals surface area (Å²) in [7, 11) is -4.02. The van der Waals surface area contributed by atoms with Gasteiger partial charge in [-0.15, -0.1) is 0 Å². The fourth-order valence-corrected chi connectivity index (χ4v) is 6.13. The Morgan fingerprint density at radius 2 is 1.77 bits per heavy atom. The number of carbonyl (C=O) groups is 1. The van der Waals surface area contributed by atoms with E-state index in [9.17, 15) is 13.2 Å². The van der Waals surface area contributed by atoms with E-state index in [0.29, 0.717) is 37.3 Å². The zero-order chi connectivity index (χ0) is 27.4. The number of rotatable bonds is 9. The summed E-state index contributed by atoms with van der Waals surface area (Å²) in [6.07, 6.45) is 2.28. The van der Waals surface area contributed by atoms with Gasteiger partial charge in [0.1, 0.15) is 5.84 Å². The lowest BCUT2D eigenvalue weighted by Gasteiger charge is -2.23. The minimum absolute atomic E-state index is 0.000672. The predicted molar refractivity (Wildman–Crippen MR) is 150 cm³/mol. The third kappa shape index (κ3) is 6.42. The normalized spacial score (nSPS) is 16.3. The first-order chi connectivity index (χ1) is 18.8. The lowest BCUT2D eigenvalue weighted by Crippen LogP contribution is -2.42. The molecular formula is C29H31N5O4S. The van der Waals surface area contributed by atoms with Crippen molar-refractivity contribution in [2.24, 2.45) is 10.7 Å². The number of amides is 1.